The minimum absolute atomic E-state index is 0. The van der Waals surface area contributed by atoms with Crippen molar-refractivity contribution in [1.82, 2.24) is 20.9 Å². The van der Waals surface area contributed by atoms with Gasteiger partial charge in [-0.1, -0.05) is 30.3 Å². The molecule has 0 aliphatic heterocycles. The molecule has 29 heavy (non-hydrogen) atoms. The van der Waals surface area contributed by atoms with E-state index in [0.29, 0.717) is 25.6 Å². The van der Waals surface area contributed by atoms with Crippen LogP contribution in [0.15, 0.2) is 40.7 Å². The van der Waals surface area contributed by atoms with Crippen molar-refractivity contribution in [3.8, 4) is 11.3 Å². The molecular weight excluding hydrogens is 501 g/mol. The van der Waals surface area contributed by atoms with Crippen LogP contribution in [0.3, 0.4) is 0 Å². The number of halogens is 1. The molecule has 2 rings (SSSR count). The summed E-state index contributed by atoms with van der Waals surface area (Å²) in [4.78, 5) is 20.4. The summed E-state index contributed by atoms with van der Waals surface area (Å²) in [5.74, 6) is 0.703. The minimum Gasteiger partial charge on any atom is -0.444 e. The van der Waals surface area contributed by atoms with Crippen LogP contribution in [0.5, 0.6) is 0 Å². The Morgan fingerprint density at radius 1 is 1.14 bits per heavy atom. The molecule has 0 spiro atoms. The van der Waals surface area contributed by atoms with Crippen LogP contribution in [0, 0.1) is 0 Å². The lowest BCUT2D eigenvalue weighted by atomic mass is 10.2. The standard InChI is InChI=1S/C20H29N5O2S.HI/c1-20(2,3)27-19(26)23-12-8-11-22-18(21-4)24-13-17-25-16(14-28-17)15-9-6-5-7-10-15;/h5-7,9-10,14H,8,11-13H2,1-4H3,(H,23,26)(H2,21,22,24);1H. The number of guanidine groups is 1. The van der Waals surface area contributed by atoms with E-state index >= 15 is 0 Å². The van der Waals surface area contributed by atoms with Gasteiger partial charge >= 0.3 is 6.09 Å². The zero-order valence-corrected chi connectivity index (χ0v) is 20.5. The Labute approximate surface area is 193 Å². The molecule has 0 saturated carbocycles. The molecule has 0 aliphatic rings. The fourth-order valence-corrected chi connectivity index (χ4v) is 3.06. The predicted octanol–water partition coefficient (Wildman–Crippen LogP) is 4.01. The Bertz CT molecular complexity index is 775. The number of rotatable bonds is 7. The molecule has 0 bridgehead atoms. The van der Waals surface area contributed by atoms with Gasteiger partial charge in [0.15, 0.2) is 5.96 Å². The van der Waals surface area contributed by atoms with Gasteiger partial charge in [-0.3, -0.25) is 4.99 Å². The number of carbonyl (C=O) groups excluding carboxylic acids is 1. The molecule has 2 aromatic rings. The van der Waals surface area contributed by atoms with Crippen LogP contribution >= 0.6 is 35.3 Å². The van der Waals surface area contributed by atoms with Crippen LogP contribution in [-0.4, -0.2) is 42.8 Å². The lowest BCUT2D eigenvalue weighted by Gasteiger charge is -2.19. The lowest BCUT2D eigenvalue weighted by molar-refractivity contribution is 0.0527. The summed E-state index contributed by atoms with van der Waals surface area (Å²) < 4.78 is 5.20. The molecular formula is C20H30IN5O2S. The topological polar surface area (TPSA) is 87.6 Å². The minimum atomic E-state index is -0.482. The van der Waals surface area contributed by atoms with Gasteiger partial charge in [0.25, 0.3) is 0 Å². The average molecular weight is 531 g/mol. The normalized spacial score (nSPS) is 11.4. The summed E-state index contributed by atoms with van der Waals surface area (Å²) in [5, 5.41) is 12.3. The summed E-state index contributed by atoms with van der Waals surface area (Å²) in [5.41, 5.74) is 1.62. The van der Waals surface area contributed by atoms with Gasteiger partial charge in [-0.25, -0.2) is 9.78 Å². The Kier molecular flexibility index (Phi) is 11.0. The van der Waals surface area contributed by atoms with Crippen LogP contribution < -0.4 is 16.0 Å². The third kappa shape index (κ3) is 9.93. The van der Waals surface area contributed by atoms with E-state index in [1.165, 1.54) is 0 Å². The van der Waals surface area contributed by atoms with Gasteiger partial charge in [-0.2, -0.15) is 0 Å². The summed E-state index contributed by atoms with van der Waals surface area (Å²) in [6.07, 6.45) is 0.364. The van der Waals surface area contributed by atoms with E-state index < -0.39 is 11.7 Å². The van der Waals surface area contributed by atoms with Crippen molar-refractivity contribution >= 4 is 47.4 Å². The highest BCUT2D eigenvalue weighted by Gasteiger charge is 2.15. The van der Waals surface area contributed by atoms with Crippen molar-refractivity contribution in [3.05, 3.63) is 40.7 Å². The summed E-state index contributed by atoms with van der Waals surface area (Å²) in [6.45, 7) is 7.35. The number of nitrogens with one attached hydrogen (secondary N) is 3. The lowest BCUT2D eigenvalue weighted by Crippen LogP contribution is -2.39. The highest BCUT2D eigenvalue weighted by Crippen LogP contribution is 2.21. The van der Waals surface area contributed by atoms with Crippen molar-refractivity contribution in [1.29, 1.82) is 0 Å². The van der Waals surface area contributed by atoms with Crippen molar-refractivity contribution in [2.24, 2.45) is 4.99 Å². The fourth-order valence-electron chi connectivity index (χ4n) is 2.31. The highest BCUT2D eigenvalue weighted by molar-refractivity contribution is 14.0. The number of aliphatic imine (C=N–C) groups is 1. The number of thiazole rings is 1. The van der Waals surface area contributed by atoms with Crippen molar-refractivity contribution in [2.45, 2.75) is 39.3 Å². The molecule has 1 amide bonds. The van der Waals surface area contributed by atoms with E-state index in [9.17, 15) is 4.79 Å². The molecule has 1 heterocycles. The van der Waals surface area contributed by atoms with Gasteiger partial charge in [0.1, 0.15) is 10.6 Å². The van der Waals surface area contributed by atoms with E-state index in [2.05, 4.69) is 43.4 Å². The molecule has 0 unspecified atom stereocenters. The summed E-state index contributed by atoms with van der Waals surface area (Å²) in [7, 11) is 1.73. The van der Waals surface area contributed by atoms with Gasteiger partial charge in [0.2, 0.25) is 0 Å². The molecule has 0 aliphatic carbocycles. The first-order valence-electron chi connectivity index (χ1n) is 9.28. The molecule has 9 heteroatoms. The number of amides is 1. The third-order valence-electron chi connectivity index (χ3n) is 3.57. The average Bonchev–Trinajstić information content (AvgIpc) is 3.12. The molecule has 160 valence electrons. The number of aromatic nitrogens is 1. The second kappa shape index (κ2) is 12.6. The molecule has 3 N–H and O–H groups in total. The number of alkyl carbamates (subject to hydrolysis) is 1. The largest absolute Gasteiger partial charge is 0.444 e. The van der Waals surface area contributed by atoms with E-state index in [1.807, 2.05) is 39.0 Å². The maximum Gasteiger partial charge on any atom is 0.407 e. The zero-order chi connectivity index (χ0) is 20.4. The van der Waals surface area contributed by atoms with Crippen molar-refractivity contribution in [3.63, 3.8) is 0 Å². The monoisotopic (exact) mass is 531 g/mol. The van der Waals surface area contributed by atoms with Crippen LogP contribution in [0.2, 0.25) is 0 Å². The second-order valence-electron chi connectivity index (χ2n) is 7.13. The SMILES string of the molecule is CN=C(NCCCNC(=O)OC(C)(C)C)NCc1nc(-c2ccccc2)cs1.I. The third-order valence-corrected chi connectivity index (χ3v) is 4.41. The first-order valence-corrected chi connectivity index (χ1v) is 10.2. The highest BCUT2D eigenvalue weighted by atomic mass is 127. The van der Waals surface area contributed by atoms with E-state index in [4.69, 9.17) is 4.74 Å². The molecule has 0 fully saturated rings. The molecule has 7 nitrogen and oxygen atoms in total. The number of benzene rings is 1. The predicted molar refractivity (Wildman–Crippen MR) is 130 cm³/mol. The quantitative estimate of drug-likeness (QED) is 0.218. The van der Waals surface area contributed by atoms with Crippen LogP contribution in [0.1, 0.15) is 32.2 Å². The molecule has 0 atom stereocenters. The summed E-state index contributed by atoms with van der Waals surface area (Å²) >= 11 is 1.62. The van der Waals surface area contributed by atoms with Gasteiger partial charge < -0.3 is 20.7 Å². The Balaban J connectivity index is 0.00000420. The van der Waals surface area contributed by atoms with Crippen molar-refractivity contribution in [2.75, 3.05) is 20.1 Å². The molecule has 0 saturated heterocycles. The smallest absolute Gasteiger partial charge is 0.407 e. The van der Waals surface area contributed by atoms with E-state index in [1.54, 1.807) is 18.4 Å². The van der Waals surface area contributed by atoms with Crippen molar-refractivity contribution < 1.29 is 9.53 Å². The summed E-state index contributed by atoms with van der Waals surface area (Å²) in [6, 6.07) is 10.1. The molecule has 1 aromatic carbocycles. The Hall–Kier alpha value is -1.88. The van der Waals surface area contributed by atoms with Crippen LogP contribution in [0.25, 0.3) is 11.3 Å². The number of nitrogens with zero attached hydrogens (tertiary/aromatic N) is 2. The number of ether oxygens (including phenoxy) is 1. The van der Waals surface area contributed by atoms with E-state index in [0.717, 1.165) is 22.7 Å². The first kappa shape index (κ1) is 25.2. The van der Waals surface area contributed by atoms with Crippen LogP contribution in [-0.2, 0) is 11.3 Å². The van der Waals surface area contributed by atoms with Gasteiger partial charge in [0.05, 0.1) is 12.2 Å². The van der Waals surface area contributed by atoms with Gasteiger partial charge in [0, 0.05) is 31.1 Å². The Morgan fingerprint density at radius 2 is 1.83 bits per heavy atom. The molecule has 0 radical (unpaired) electrons. The van der Waals surface area contributed by atoms with Crippen LogP contribution in [0.4, 0.5) is 4.79 Å². The van der Waals surface area contributed by atoms with Gasteiger partial charge in [-0.05, 0) is 27.2 Å². The first-order chi connectivity index (χ1) is 13.4. The second-order valence-corrected chi connectivity index (χ2v) is 8.07. The number of hydrogen-bond donors (Lipinski definition) is 3. The van der Waals surface area contributed by atoms with Gasteiger partial charge in [-0.15, -0.1) is 35.3 Å². The Morgan fingerprint density at radius 3 is 2.48 bits per heavy atom. The maximum absolute atomic E-state index is 11.6. The molecule has 1 aromatic heterocycles. The maximum atomic E-state index is 11.6. The number of carbonyl (C=O) groups is 1. The van der Waals surface area contributed by atoms with E-state index in [-0.39, 0.29) is 24.0 Å². The fraction of sp³-hybridized carbons (Fsp3) is 0.450. The zero-order valence-electron chi connectivity index (χ0n) is 17.3. The number of hydrogen-bond acceptors (Lipinski definition) is 5.